The number of aryl methyl sites for hydroxylation is 1. The van der Waals surface area contributed by atoms with Crippen LogP contribution in [0.5, 0.6) is 0 Å². The first-order valence-corrected chi connectivity index (χ1v) is 9.49. The SMILES string of the molecule is CC[Si](CC)(CC)c1c(B(O)O)ccc(C)c1C#N. The summed E-state index contributed by atoms with van der Waals surface area (Å²) in [4.78, 5) is 0. The summed E-state index contributed by atoms with van der Waals surface area (Å²) in [6.07, 6.45) is 0. The molecule has 0 aromatic heterocycles. The first-order valence-electron chi connectivity index (χ1n) is 6.87. The highest BCUT2D eigenvalue weighted by atomic mass is 28.3. The van der Waals surface area contributed by atoms with Crippen LogP contribution in [-0.4, -0.2) is 25.2 Å². The Morgan fingerprint density at radius 2 is 1.68 bits per heavy atom. The molecule has 0 unspecified atom stereocenters. The van der Waals surface area contributed by atoms with Gasteiger partial charge in [-0.25, -0.2) is 0 Å². The summed E-state index contributed by atoms with van der Waals surface area (Å²) in [6.45, 7) is 8.36. The summed E-state index contributed by atoms with van der Waals surface area (Å²) < 4.78 is 0. The van der Waals surface area contributed by atoms with Crippen molar-refractivity contribution in [2.45, 2.75) is 45.8 Å². The van der Waals surface area contributed by atoms with E-state index < -0.39 is 15.2 Å². The molecule has 0 radical (unpaired) electrons. The smallest absolute Gasteiger partial charge is 0.423 e. The van der Waals surface area contributed by atoms with Gasteiger partial charge in [0, 0.05) is 0 Å². The summed E-state index contributed by atoms with van der Waals surface area (Å²) >= 11 is 0. The van der Waals surface area contributed by atoms with Gasteiger partial charge in [-0.2, -0.15) is 5.26 Å². The molecule has 1 rings (SSSR count). The molecule has 19 heavy (non-hydrogen) atoms. The summed E-state index contributed by atoms with van der Waals surface area (Å²) in [7, 11) is -3.34. The molecule has 3 nitrogen and oxygen atoms in total. The van der Waals surface area contributed by atoms with Crippen LogP contribution >= 0.6 is 0 Å². The molecule has 0 amide bonds. The maximum absolute atomic E-state index is 9.63. The van der Waals surface area contributed by atoms with E-state index in [-0.39, 0.29) is 0 Å². The minimum absolute atomic E-state index is 0.527. The molecule has 0 aliphatic rings. The predicted molar refractivity (Wildman–Crippen MR) is 82.6 cm³/mol. The molecular formula is C14H22BNO2Si. The fourth-order valence-electron chi connectivity index (χ4n) is 2.93. The Hall–Kier alpha value is -1.09. The lowest BCUT2D eigenvalue weighted by molar-refractivity contribution is 0.426. The van der Waals surface area contributed by atoms with Crippen molar-refractivity contribution in [3.63, 3.8) is 0 Å². The summed E-state index contributed by atoms with van der Waals surface area (Å²) in [6, 6.07) is 8.88. The van der Waals surface area contributed by atoms with E-state index in [2.05, 4.69) is 26.8 Å². The lowest BCUT2D eigenvalue weighted by Crippen LogP contribution is -2.58. The van der Waals surface area contributed by atoms with Crippen LogP contribution in [0.3, 0.4) is 0 Å². The van der Waals surface area contributed by atoms with Gasteiger partial charge in [0.2, 0.25) is 0 Å². The van der Waals surface area contributed by atoms with Crippen LogP contribution in [0.2, 0.25) is 18.1 Å². The highest BCUT2D eigenvalue weighted by Crippen LogP contribution is 2.22. The normalized spacial score (nSPS) is 11.2. The summed E-state index contributed by atoms with van der Waals surface area (Å²) in [5.74, 6) is 0. The quantitative estimate of drug-likeness (QED) is 0.795. The topological polar surface area (TPSA) is 64.2 Å². The van der Waals surface area contributed by atoms with Crippen molar-refractivity contribution in [2.75, 3.05) is 0 Å². The standard InChI is InChI=1S/C14H22BNO2Si/c1-5-19(6-2,7-3)14-12(10-16)11(4)8-9-13(14)15(17)18/h8-9,17-18H,5-7H2,1-4H3. The van der Waals surface area contributed by atoms with Crippen molar-refractivity contribution < 1.29 is 10.0 Å². The second-order valence-corrected chi connectivity index (χ2v) is 10.2. The van der Waals surface area contributed by atoms with Gasteiger partial charge in [-0.1, -0.05) is 51.0 Å². The van der Waals surface area contributed by atoms with Crippen molar-refractivity contribution in [2.24, 2.45) is 0 Å². The Kier molecular flexibility index (Phi) is 5.36. The van der Waals surface area contributed by atoms with Gasteiger partial charge < -0.3 is 10.0 Å². The Morgan fingerprint density at radius 1 is 1.16 bits per heavy atom. The number of hydrogen-bond donors (Lipinski definition) is 2. The van der Waals surface area contributed by atoms with Gasteiger partial charge in [0.05, 0.1) is 19.7 Å². The monoisotopic (exact) mass is 275 g/mol. The molecule has 5 heteroatoms. The third-order valence-corrected chi connectivity index (χ3v) is 10.1. The molecule has 0 bridgehead atoms. The fourth-order valence-corrected chi connectivity index (χ4v) is 7.10. The Balaban J connectivity index is 3.71. The largest absolute Gasteiger partial charge is 0.488 e. The summed E-state index contributed by atoms with van der Waals surface area (Å²) in [5.41, 5.74) is 2.11. The van der Waals surface area contributed by atoms with E-state index in [4.69, 9.17) is 0 Å². The van der Waals surface area contributed by atoms with E-state index in [9.17, 15) is 15.3 Å². The van der Waals surface area contributed by atoms with E-state index in [1.807, 2.05) is 6.92 Å². The minimum Gasteiger partial charge on any atom is -0.423 e. The van der Waals surface area contributed by atoms with Crippen LogP contribution in [0.15, 0.2) is 12.1 Å². The highest BCUT2D eigenvalue weighted by Gasteiger charge is 2.36. The third kappa shape index (κ3) is 2.76. The Bertz CT molecular complexity index is 485. The zero-order chi connectivity index (χ0) is 14.6. The van der Waals surface area contributed by atoms with Crippen LogP contribution in [0.1, 0.15) is 31.9 Å². The zero-order valence-corrected chi connectivity index (χ0v) is 13.2. The molecule has 0 atom stereocenters. The molecule has 1 aromatic carbocycles. The maximum Gasteiger partial charge on any atom is 0.488 e. The van der Waals surface area contributed by atoms with Gasteiger partial charge in [-0.05, 0) is 23.1 Å². The van der Waals surface area contributed by atoms with Gasteiger partial charge in [-0.15, -0.1) is 0 Å². The zero-order valence-electron chi connectivity index (χ0n) is 12.2. The van der Waals surface area contributed by atoms with Crippen LogP contribution < -0.4 is 10.6 Å². The van der Waals surface area contributed by atoms with Crippen LogP contribution in [0.25, 0.3) is 0 Å². The first kappa shape index (κ1) is 16.0. The molecular weight excluding hydrogens is 253 g/mol. The Morgan fingerprint density at radius 3 is 2.05 bits per heavy atom. The van der Waals surface area contributed by atoms with Gasteiger partial charge in [0.1, 0.15) is 0 Å². The summed E-state index contributed by atoms with van der Waals surface area (Å²) in [5, 5.41) is 29.7. The van der Waals surface area contributed by atoms with E-state index in [0.717, 1.165) is 28.9 Å². The van der Waals surface area contributed by atoms with Crippen molar-refractivity contribution in [3.05, 3.63) is 23.3 Å². The molecule has 0 aliphatic heterocycles. The number of nitriles is 1. The van der Waals surface area contributed by atoms with E-state index in [1.54, 1.807) is 12.1 Å². The van der Waals surface area contributed by atoms with Crippen molar-refractivity contribution in [1.29, 1.82) is 5.26 Å². The fraction of sp³-hybridized carbons (Fsp3) is 0.500. The van der Waals surface area contributed by atoms with Crippen molar-refractivity contribution in [3.8, 4) is 6.07 Å². The van der Waals surface area contributed by atoms with Gasteiger partial charge >= 0.3 is 7.12 Å². The van der Waals surface area contributed by atoms with E-state index >= 15 is 0 Å². The highest BCUT2D eigenvalue weighted by molar-refractivity contribution is 6.95. The molecule has 0 fully saturated rings. The van der Waals surface area contributed by atoms with Crippen LogP contribution in [0, 0.1) is 18.3 Å². The second kappa shape index (κ2) is 6.38. The van der Waals surface area contributed by atoms with Gasteiger partial charge in [-0.3, -0.25) is 0 Å². The molecule has 102 valence electrons. The van der Waals surface area contributed by atoms with Crippen LogP contribution in [0.4, 0.5) is 0 Å². The molecule has 0 heterocycles. The second-order valence-electron chi connectivity index (χ2n) is 5.05. The number of benzene rings is 1. The number of hydrogen-bond acceptors (Lipinski definition) is 3. The molecule has 0 saturated heterocycles. The molecule has 0 aliphatic carbocycles. The number of rotatable bonds is 5. The lowest BCUT2D eigenvalue weighted by Gasteiger charge is -2.32. The molecule has 0 spiro atoms. The van der Waals surface area contributed by atoms with Gasteiger partial charge in [0.25, 0.3) is 0 Å². The lowest BCUT2D eigenvalue weighted by atomic mass is 9.78. The average molecular weight is 275 g/mol. The Labute approximate surface area is 117 Å². The van der Waals surface area contributed by atoms with E-state index in [0.29, 0.717) is 11.0 Å². The molecule has 0 saturated carbocycles. The number of nitrogens with zero attached hydrogens (tertiary/aromatic N) is 1. The molecule has 1 aromatic rings. The van der Waals surface area contributed by atoms with Crippen LogP contribution in [-0.2, 0) is 0 Å². The predicted octanol–water partition coefficient (Wildman–Crippen LogP) is 1.26. The van der Waals surface area contributed by atoms with E-state index in [1.165, 1.54) is 0 Å². The molecule has 2 N–H and O–H groups in total. The maximum atomic E-state index is 9.63. The average Bonchev–Trinajstić information content (AvgIpc) is 2.41. The third-order valence-electron chi connectivity index (χ3n) is 4.40. The van der Waals surface area contributed by atoms with Gasteiger partial charge in [0.15, 0.2) is 0 Å². The van der Waals surface area contributed by atoms with Crippen molar-refractivity contribution in [1.82, 2.24) is 0 Å². The first-order chi connectivity index (χ1) is 8.97. The van der Waals surface area contributed by atoms with Crippen molar-refractivity contribution >= 4 is 25.8 Å². The minimum atomic E-state index is -1.84.